The Morgan fingerprint density at radius 2 is 1.74 bits per heavy atom. The molecule has 0 atom stereocenters. The van der Waals surface area contributed by atoms with Crippen LogP contribution in [0.4, 0.5) is 0 Å². The fraction of sp³-hybridized carbons (Fsp3) is 0.700. The van der Waals surface area contributed by atoms with Gasteiger partial charge in [-0.05, 0) is 0 Å². The minimum absolute atomic E-state index is 0. The van der Waals surface area contributed by atoms with Gasteiger partial charge in [0.05, 0.1) is 39.4 Å². The number of carbonyl (C=O) groups is 2. The quantitative estimate of drug-likeness (QED) is 0.161. The third kappa shape index (κ3) is 15.3. The number of aliphatic carboxylic acids is 1. The van der Waals surface area contributed by atoms with Crippen LogP contribution in [-0.2, 0) is 23.9 Å². The first-order valence-electron chi connectivity index (χ1n) is 5.40. The van der Waals surface area contributed by atoms with Crippen LogP contribution in [-0.4, -0.2) is 62.9 Å². The Morgan fingerprint density at radius 1 is 1.11 bits per heavy atom. The molecule has 9 heteroatoms. The van der Waals surface area contributed by atoms with Gasteiger partial charge >= 0.3 is 5.97 Å². The van der Waals surface area contributed by atoms with Crippen LogP contribution < -0.4 is 10.6 Å². The second kappa shape index (κ2) is 13.4. The number of carboxylic acids is 1. The molecule has 0 aromatic heterocycles. The molecule has 0 spiro atoms. The van der Waals surface area contributed by atoms with Gasteiger partial charge in [-0.3, -0.25) is 9.59 Å². The number of ether oxygens (including phenoxy) is 2. The zero-order valence-corrected chi connectivity index (χ0v) is 12.6. The van der Waals surface area contributed by atoms with E-state index in [1.54, 1.807) is 0 Å². The number of amides is 2. The van der Waals surface area contributed by atoms with Crippen molar-refractivity contribution >= 4 is 18.3 Å². The van der Waals surface area contributed by atoms with Crippen LogP contribution in [0, 0.1) is 0 Å². The van der Waals surface area contributed by atoms with E-state index in [9.17, 15) is 14.4 Å². The second-order valence-electron chi connectivity index (χ2n) is 3.17. The van der Waals surface area contributed by atoms with Crippen LogP contribution >= 0.6 is 0 Å². The molecule has 0 aliphatic rings. The van der Waals surface area contributed by atoms with Crippen molar-refractivity contribution in [2.75, 3.05) is 39.5 Å². The maximum Gasteiger partial charge on any atom is 0.305 e. The van der Waals surface area contributed by atoms with Crippen molar-refractivity contribution < 1.29 is 29.0 Å². The molecule has 2 amide bonds. The van der Waals surface area contributed by atoms with Crippen LogP contribution in [0.5, 0.6) is 0 Å². The summed E-state index contributed by atoms with van der Waals surface area (Å²) in [6.45, 7) is 1.33. The number of nitrogens with one attached hydrogen (secondary N) is 2. The summed E-state index contributed by atoms with van der Waals surface area (Å²) in [6, 6.07) is 0. The topological polar surface area (TPSA) is 114 Å². The first kappa shape index (κ1) is 18.7. The van der Waals surface area contributed by atoms with E-state index in [0.29, 0.717) is 26.4 Å². The summed E-state index contributed by atoms with van der Waals surface area (Å²) in [4.78, 5) is 30.8. The number of rotatable bonds is 12. The van der Waals surface area contributed by atoms with E-state index in [4.69, 9.17) is 14.6 Å². The molecule has 0 aromatic rings. The Bertz CT molecular complexity index is 264. The molecule has 0 radical (unpaired) electrons. The zero-order chi connectivity index (χ0) is 13.6. The van der Waals surface area contributed by atoms with Gasteiger partial charge in [0.25, 0.3) is 0 Å². The molecule has 0 unspecified atom stereocenters. The molecule has 0 aliphatic carbocycles. The summed E-state index contributed by atoms with van der Waals surface area (Å²) in [5.41, 5.74) is 0. The molecule has 116 valence electrons. The standard InChI is InChI=1S/C10H17N2O6.Fm/c13-8-11-7-9(14)12-2-4-18-6-5-17-3-1-10(15)16;/h1-7H2,(H,11,13)(H,12,14)(H,15,16);/q-1;. The molecular weight excluding hydrogens is 501 g/mol. The van der Waals surface area contributed by atoms with Crippen molar-refractivity contribution in [3.8, 4) is 0 Å². The number of carboxylic acid groups (broad SMARTS) is 1. The van der Waals surface area contributed by atoms with Gasteiger partial charge in [0, 0.05) is 6.54 Å². The van der Waals surface area contributed by atoms with Crippen LogP contribution in [0.3, 0.4) is 0 Å². The summed E-state index contributed by atoms with van der Waals surface area (Å²) >= 11 is 0. The van der Waals surface area contributed by atoms with Gasteiger partial charge in [0.15, 0.2) is 0 Å². The fourth-order valence-corrected chi connectivity index (χ4v) is 0.923. The summed E-state index contributed by atoms with van der Waals surface area (Å²) in [5, 5.41) is 12.9. The first-order valence-corrected chi connectivity index (χ1v) is 5.40. The van der Waals surface area contributed by atoms with Gasteiger partial charge in [-0.25, -0.2) is 0 Å². The Morgan fingerprint density at radius 3 is 2.32 bits per heavy atom. The normalized spacial score (nSPS) is 9.26. The second-order valence-corrected chi connectivity index (χ2v) is 3.17. The Hall–Kier alpha value is -2.67. The third-order valence-corrected chi connectivity index (χ3v) is 1.72. The molecule has 0 fully saturated rings. The van der Waals surface area contributed by atoms with Gasteiger partial charge < -0.3 is 30.0 Å². The maximum atomic E-state index is 11.0. The van der Waals surface area contributed by atoms with Gasteiger partial charge in [0.1, 0.15) is 0 Å². The number of carbonyl (C=O) groups excluding carboxylic acids is 2. The van der Waals surface area contributed by atoms with Crippen molar-refractivity contribution in [3.05, 3.63) is 0 Å². The zero-order valence-electron chi connectivity index (χ0n) is 10.2. The van der Waals surface area contributed by atoms with Gasteiger partial charge in [0.2, 0.25) is 5.91 Å². The predicted octanol–water partition coefficient (Wildman–Crippen LogP) is -1.73. The molecule has 0 saturated carbocycles. The summed E-state index contributed by atoms with van der Waals surface area (Å²) < 4.78 is 10.1. The van der Waals surface area contributed by atoms with E-state index in [1.807, 2.05) is 0 Å². The number of hydrogen-bond donors (Lipinski definition) is 3. The average molecular weight is 518 g/mol. The molecule has 0 aliphatic heterocycles. The predicted molar refractivity (Wildman–Crippen MR) is 60.6 cm³/mol. The number of hydrogen-bond acceptors (Lipinski definition) is 5. The Balaban J connectivity index is 0. The molecule has 3 N–H and O–H groups in total. The Labute approximate surface area is 105 Å². The van der Waals surface area contributed by atoms with Crippen molar-refractivity contribution in [3.63, 3.8) is 0 Å². The molecule has 8 nitrogen and oxygen atoms in total. The van der Waals surface area contributed by atoms with Crippen molar-refractivity contribution in [2.24, 2.45) is 0 Å². The van der Waals surface area contributed by atoms with Crippen molar-refractivity contribution in [1.82, 2.24) is 10.6 Å². The molecule has 19 heavy (non-hydrogen) atoms. The van der Waals surface area contributed by atoms with Crippen molar-refractivity contribution in [2.45, 2.75) is 6.42 Å². The third-order valence-electron chi connectivity index (χ3n) is 1.72. The molecule has 0 rings (SSSR count). The SMILES string of the molecule is O=[C-]NCC(=O)NCCOCCOCCC(=O)O.[Fm]. The molecule has 0 aromatic carbocycles. The van der Waals surface area contributed by atoms with E-state index >= 15 is 0 Å². The van der Waals surface area contributed by atoms with Crippen molar-refractivity contribution in [1.29, 1.82) is 0 Å². The fourth-order valence-electron chi connectivity index (χ4n) is 0.923. The minimum atomic E-state index is -0.903. The monoisotopic (exact) mass is 518 g/mol. The van der Waals surface area contributed by atoms with E-state index < -0.39 is 5.97 Å². The average Bonchev–Trinajstić information content (AvgIpc) is 2.34. The van der Waals surface area contributed by atoms with E-state index in [1.165, 1.54) is 6.41 Å². The van der Waals surface area contributed by atoms with Gasteiger partial charge in [-0.15, -0.1) is 0 Å². The van der Waals surface area contributed by atoms with Gasteiger partial charge in [-0.1, -0.05) is 0 Å². The van der Waals surface area contributed by atoms with Gasteiger partial charge in [-0.2, -0.15) is 6.41 Å². The maximum absolute atomic E-state index is 11.0. The first-order chi connectivity index (χ1) is 8.66. The van der Waals surface area contributed by atoms with Crippen LogP contribution in [0.2, 0.25) is 0 Å². The van der Waals surface area contributed by atoms with Crippen LogP contribution in [0.1, 0.15) is 6.42 Å². The minimum Gasteiger partial charge on any atom is -0.522 e. The molecule has 0 heterocycles. The van der Waals surface area contributed by atoms with Crippen LogP contribution in [0.15, 0.2) is 0 Å². The van der Waals surface area contributed by atoms with Crippen LogP contribution in [0.25, 0.3) is 0 Å². The molecule has 0 saturated heterocycles. The Kier molecular flexibility index (Phi) is 13.2. The smallest absolute Gasteiger partial charge is 0.305 e. The van der Waals surface area contributed by atoms with E-state index in [2.05, 4.69) is 10.6 Å². The largest absolute Gasteiger partial charge is 0.522 e. The molecular formula is C10H17FmN2O6-. The summed E-state index contributed by atoms with van der Waals surface area (Å²) in [5.74, 6) is -1.22. The van der Waals surface area contributed by atoms with E-state index in [0.717, 1.165) is 0 Å². The molecule has 0 bridgehead atoms. The summed E-state index contributed by atoms with van der Waals surface area (Å²) in [6.07, 6.45) is 1.36. The van der Waals surface area contributed by atoms with E-state index in [-0.39, 0.29) is 25.5 Å². The summed E-state index contributed by atoms with van der Waals surface area (Å²) in [7, 11) is 0.